The molecule has 0 saturated carbocycles. The Morgan fingerprint density at radius 3 is 2.62 bits per heavy atom. The van der Waals surface area contributed by atoms with E-state index in [1.54, 1.807) is 0 Å². The fourth-order valence-electron chi connectivity index (χ4n) is 0.730. The van der Waals surface area contributed by atoms with Gasteiger partial charge in [0.05, 0.1) is 0 Å². The van der Waals surface area contributed by atoms with Crippen LogP contribution in [0.3, 0.4) is 0 Å². The van der Waals surface area contributed by atoms with Crippen LogP contribution in [0.4, 0.5) is 13.2 Å². The first-order valence-electron chi connectivity index (χ1n) is 3.13. The van der Waals surface area contributed by atoms with E-state index >= 15 is 0 Å². The van der Waals surface area contributed by atoms with E-state index in [2.05, 4.69) is 4.98 Å². The molecule has 0 fully saturated rings. The van der Waals surface area contributed by atoms with Crippen LogP contribution in [0.1, 0.15) is 17.7 Å². The van der Waals surface area contributed by atoms with E-state index in [-0.39, 0.29) is 0 Å². The van der Waals surface area contributed by atoms with Gasteiger partial charge >= 0.3 is 0 Å². The Kier molecular flexibility index (Phi) is 2.37. The van der Waals surface area contributed by atoms with Gasteiger partial charge in [0, 0.05) is 6.20 Å². The van der Waals surface area contributed by atoms with Crippen LogP contribution in [-0.2, 0) is 0 Å². The molecule has 1 N–H and O–H groups in total. The zero-order valence-electron chi connectivity index (χ0n) is 6.13. The third-order valence-corrected chi connectivity index (χ3v) is 1.35. The van der Waals surface area contributed by atoms with E-state index in [1.165, 1.54) is 6.07 Å². The molecule has 0 saturated heterocycles. The maximum Gasteiger partial charge on any atom is 0.284 e. The molecule has 0 aliphatic carbocycles. The SMILES string of the molecule is N#Cc1cnc(C(F)F)c(O)c1F. The number of rotatable bonds is 1. The summed E-state index contributed by atoms with van der Waals surface area (Å²) in [6.45, 7) is 0. The van der Waals surface area contributed by atoms with Crippen LogP contribution in [0.2, 0.25) is 0 Å². The van der Waals surface area contributed by atoms with Gasteiger partial charge < -0.3 is 5.11 Å². The predicted octanol–water partition coefficient (Wildman–Crippen LogP) is 1.74. The van der Waals surface area contributed by atoms with Gasteiger partial charge in [-0.25, -0.2) is 18.2 Å². The Labute approximate surface area is 71.1 Å². The maximum atomic E-state index is 12.8. The van der Waals surface area contributed by atoms with Crippen molar-refractivity contribution in [3.05, 3.63) is 23.3 Å². The van der Waals surface area contributed by atoms with Crippen LogP contribution in [0.15, 0.2) is 6.20 Å². The zero-order chi connectivity index (χ0) is 10.0. The molecule has 6 heteroatoms. The molecule has 0 aliphatic rings. The Morgan fingerprint density at radius 1 is 1.54 bits per heavy atom. The molecule has 0 spiro atoms. The molecule has 0 amide bonds. The summed E-state index contributed by atoms with van der Waals surface area (Å²) in [5, 5.41) is 17.1. The van der Waals surface area contributed by atoms with Crippen LogP contribution in [0.5, 0.6) is 5.75 Å². The summed E-state index contributed by atoms with van der Waals surface area (Å²) in [4.78, 5) is 3.05. The fourth-order valence-corrected chi connectivity index (χ4v) is 0.730. The first kappa shape index (κ1) is 9.32. The van der Waals surface area contributed by atoms with Crippen LogP contribution in [0.25, 0.3) is 0 Å². The highest BCUT2D eigenvalue weighted by molar-refractivity contribution is 5.39. The molecule has 0 aromatic carbocycles. The summed E-state index contributed by atoms with van der Waals surface area (Å²) in [6, 6.07) is 1.36. The molecule has 0 unspecified atom stereocenters. The normalized spacial score (nSPS) is 10.1. The number of nitriles is 1. The molecular formula is C7H3F3N2O. The molecule has 0 aliphatic heterocycles. The number of pyridine rings is 1. The summed E-state index contributed by atoms with van der Waals surface area (Å²) >= 11 is 0. The summed E-state index contributed by atoms with van der Waals surface area (Å²) < 4.78 is 36.7. The van der Waals surface area contributed by atoms with Crippen molar-refractivity contribution in [3.8, 4) is 11.8 Å². The van der Waals surface area contributed by atoms with Gasteiger partial charge in [-0.15, -0.1) is 0 Å². The number of hydrogen-bond acceptors (Lipinski definition) is 3. The van der Waals surface area contributed by atoms with Gasteiger partial charge in [0.25, 0.3) is 6.43 Å². The zero-order valence-corrected chi connectivity index (χ0v) is 6.13. The van der Waals surface area contributed by atoms with Crippen LogP contribution in [0, 0.1) is 17.1 Å². The lowest BCUT2D eigenvalue weighted by Crippen LogP contribution is -1.96. The highest BCUT2D eigenvalue weighted by Gasteiger charge is 2.20. The van der Waals surface area contributed by atoms with Crippen LogP contribution in [-0.4, -0.2) is 10.1 Å². The first-order valence-corrected chi connectivity index (χ1v) is 3.13. The van der Waals surface area contributed by atoms with Crippen molar-refractivity contribution >= 4 is 0 Å². The van der Waals surface area contributed by atoms with Crippen molar-refractivity contribution in [2.45, 2.75) is 6.43 Å². The van der Waals surface area contributed by atoms with E-state index in [4.69, 9.17) is 10.4 Å². The van der Waals surface area contributed by atoms with Crippen molar-refractivity contribution in [2.75, 3.05) is 0 Å². The molecule has 1 heterocycles. The van der Waals surface area contributed by atoms with Crippen molar-refractivity contribution in [1.29, 1.82) is 5.26 Å². The van der Waals surface area contributed by atoms with Gasteiger partial charge in [-0.1, -0.05) is 0 Å². The second kappa shape index (κ2) is 3.31. The fraction of sp³-hybridized carbons (Fsp3) is 0.143. The third kappa shape index (κ3) is 1.54. The highest BCUT2D eigenvalue weighted by atomic mass is 19.3. The molecule has 0 atom stereocenters. The third-order valence-electron chi connectivity index (χ3n) is 1.35. The number of halogens is 3. The number of alkyl halides is 2. The average molecular weight is 188 g/mol. The monoisotopic (exact) mass is 188 g/mol. The number of hydrogen-bond donors (Lipinski definition) is 1. The first-order chi connectivity index (χ1) is 6.07. The van der Waals surface area contributed by atoms with Gasteiger partial charge in [0.15, 0.2) is 17.3 Å². The largest absolute Gasteiger partial charge is 0.503 e. The number of aromatic nitrogens is 1. The lowest BCUT2D eigenvalue weighted by Gasteiger charge is -2.02. The minimum atomic E-state index is -3.07. The molecule has 1 aromatic heterocycles. The molecule has 3 nitrogen and oxygen atoms in total. The maximum absolute atomic E-state index is 12.8. The van der Waals surface area contributed by atoms with E-state index in [1.807, 2.05) is 0 Å². The molecule has 0 bridgehead atoms. The Morgan fingerprint density at radius 2 is 2.15 bits per heavy atom. The van der Waals surface area contributed by atoms with E-state index in [0.717, 1.165) is 0 Å². The summed E-state index contributed by atoms with van der Waals surface area (Å²) in [5.74, 6) is -2.64. The number of aromatic hydroxyl groups is 1. The Balaban J connectivity index is 3.33. The van der Waals surface area contributed by atoms with Crippen molar-refractivity contribution in [3.63, 3.8) is 0 Å². The van der Waals surface area contributed by atoms with E-state index in [0.29, 0.717) is 6.20 Å². The van der Waals surface area contributed by atoms with Gasteiger partial charge in [0.1, 0.15) is 11.6 Å². The smallest absolute Gasteiger partial charge is 0.284 e. The highest BCUT2D eigenvalue weighted by Crippen LogP contribution is 2.29. The second-order valence-corrected chi connectivity index (χ2v) is 2.13. The molecule has 1 aromatic rings. The van der Waals surface area contributed by atoms with Crippen molar-refractivity contribution < 1.29 is 18.3 Å². The molecule has 68 valence electrons. The second-order valence-electron chi connectivity index (χ2n) is 2.13. The lowest BCUT2D eigenvalue weighted by molar-refractivity contribution is 0.140. The molecular weight excluding hydrogens is 185 g/mol. The van der Waals surface area contributed by atoms with Crippen molar-refractivity contribution in [1.82, 2.24) is 4.98 Å². The van der Waals surface area contributed by atoms with Gasteiger partial charge in [0.2, 0.25) is 0 Å². The van der Waals surface area contributed by atoms with Gasteiger partial charge in [-0.05, 0) is 0 Å². The van der Waals surface area contributed by atoms with Gasteiger partial charge in [-0.3, -0.25) is 0 Å². The molecule has 1 rings (SSSR count). The van der Waals surface area contributed by atoms with Crippen LogP contribution < -0.4 is 0 Å². The Hall–Kier alpha value is -1.77. The number of nitrogens with zero attached hydrogens (tertiary/aromatic N) is 2. The minimum absolute atomic E-state index is 0.568. The average Bonchev–Trinajstić information content (AvgIpc) is 2.09. The van der Waals surface area contributed by atoms with Gasteiger partial charge in [-0.2, -0.15) is 5.26 Å². The van der Waals surface area contributed by atoms with E-state index in [9.17, 15) is 13.2 Å². The standard InChI is InChI=1S/C7H3F3N2O/c8-4-3(1-11)2-12-5(6(4)13)7(9)10/h2,7,13H. The summed E-state index contributed by atoms with van der Waals surface area (Å²) in [5.41, 5.74) is -1.63. The molecule has 0 radical (unpaired) electrons. The van der Waals surface area contributed by atoms with Crippen LogP contribution >= 0.6 is 0 Å². The molecule has 13 heavy (non-hydrogen) atoms. The predicted molar refractivity (Wildman–Crippen MR) is 35.5 cm³/mol. The van der Waals surface area contributed by atoms with Crippen molar-refractivity contribution in [2.24, 2.45) is 0 Å². The quantitative estimate of drug-likeness (QED) is 0.730. The summed E-state index contributed by atoms with van der Waals surface area (Å²) in [7, 11) is 0. The topological polar surface area (TPSA) is 56.9 Å². The summed E-state index contributed by atoms with van der Waals surface area (Å²) in [6.07, 6.45) is -2.42. The Bertz CT molecular complexity index is 373. The lowest BCUT2D eigenvalue weighted by atomic mass is 10.2. The minimum Gasteiger partial charge on any atom is -0.503 e. The van der Waals surface area contributed by atoms with E-state index < -0.39 is 29.2 Å².